The fraction of sp³-hybridized carbons (Fsp3) is 0.143. The maximum Gasteiger partial charge on any atom is 0.267 e. The average Bonchev–Trinajstić information content (AvgIpc) is 3.14. The van der Waals surface area contributed by atoms with Gasteiger partial charge in [0.25, 0.3) is 11.8 Å². The molecule has 3 amide bonds. The largest absolute Gasteiger partial charge is 0.368 e. The zero-order valence-electron chi connectivity index (χ0n) is 15.5. The van der Waals surface area contributed by atoms with Gasteiger partial charge in [-0.05, 0) is 18.6 Å². The Morgan fingerprint density at radius 2 is 1.72 bits per heavy atom. The number of amides is 3. The number of anilines is 1. The minimum atomic E-state index is -0.625. The summed E-state index contributed by atoms with van der Waals surface area (Å²) in [4.78, 5) is 41.0. The van der Waals surface area contributed by atoms with Gasteiger partial charge in [-0.3, -0.25) is 24.2 Å². The summed E-state index contributed by atoms with van der Waals surface area (Å²) in [5, 5.41) is 0. The number of rotatable bonds is 4. The number of thiocarbonyl (C=S) groups is 1. The summed E-state index contributed by atoms with van der Waals surface area (Å²) in [5.74, 6) is -1.35. The molecule has 2 aliphatic rings. The first-order chi connectivity index (χ1) is 13.9. The normalized spacial score (nSPS) is 19.7. The van der Waals surface area contributed by atoms with Crippen LogP contribution in [-0.4, -0.2) is 33.5 Å². The summed E-state index contributed by atoms with van der Waals surface area (Å²) in [6, 6.07) is 16.4. The fourth-order valence-corrected chi connectivity index (χ4v) is 5.05. The Morgan fingerprint density at radius 3 is 2.41 bits per heavy atom. The summed E-state index contributed by atoms with van der Waals surface area (Å²) < 4.78 is 0.396. The molecular weight excluding hydrogens is 406 g/mol. The minimum Gasteiger partial charge on any atom is -0.368 e. The van der Waals surface area contributed by atoms with Crippen molar-refractivity contribution in [3.8, 4) is 0 Å². The van der Waals surface area contributed by atoms with Crippen molar-refractivity contribution < 1.29 is 14.4 Å². The number of carbonyl (C=O) groups excluding carboxylic acids is 3. The van der Waals surface area contributed by atoms with Crippen LogP contribution in [0.3, 0.4) is 0 Å². The van der Waals surface area contributed by atoms with Crippen LogP contribution in [0.2, 0.25) is 0 Å². The van der Waals surface area contributed by atoms with E-state index in [-0.39, 0.29) is 29.0 Å². The van der Waals surface area contributed by atoms with E-state index in [4.69, 9.17) is 18.0 Å². The van der Waals surface area contributed by atoms with Crippen molar-refractivity contribution in [2.45, 2.75) is 13.0 Å². The van der Waals surface area contributed by atoms with Crippen molar-refractivity contribution in [2.75, 3.05) is 11.4 Å². The van der Waals surface area contributed by atoms with Gasteiger partial charge in [0.15, 0.2) is 0 Å². The summed E-state index contributed by atoms with van der Waals surface area (Å²) in [6.07, 6.45) is 0. The molecule has 146 valence electrons. The van der Waals surface area contributed by atoms with E-state index in [9.17, 15) is 14.4 Å². The van der Waals surface area contributed by atoms with E-state index in [1.165, 1.54) is 9.80 Å². The van der Waals surface area contributed by atoms with E-state index < -0.39 is 11.8 Å². The monoisotopic (exact) mass is 423 g/mol. The van der Waals surface area contributed by atoms with Crippen LogP contribution in [0.5, 0.6) is 0 Å². The highest BCUT2D eigenvalue weighted by atomic mass is 32.2. The molecule has 8 heteroatoms. The van der Waals surface area contributed by atoms with E-state index in [0.29, 0.717) is 15.6 Å². The Kier molecular flexibility index (Phi) is 4.97. The number of benzene rings is 2. The molecular formula is C21H17N3O3S2. The van der Waals surface area contributed by atoms with E-state index >= 15 is 0 Å². The van der Waals surface area contributed by atoms with Gasteiger partial charge in [0.2, 0.25) is 5.91 Å². The van der Waals surface area contributed by atoms with E-state index in [2.05, 4.69) is 0 Å². The van der Waals surface area contributed by atoms with Gasteiger partial charge in [-0.2, -0.15) is 0 Å². The standard InChI is InChI=1S/C21H17N3O3S2/c1-12(13-7-3-2-4-8-13)24-20(27)18(29-21(24)28)17-14-9-5-6-10-15(14)23(19(17)26)11-16(22)25/h2-10,12H,11H2,1H3,(H2,22,25)/b18-17-. The van der Waals surface area contributed by atoms with Gasteiger partial charge in [0, 0.05) is 5.56 Å². The highest BCUT2D eigenvalue weighted by Gasteiger charge is 2.43. The average molecular weight is 424 g/mol. The van der Waals surface area contributed by atoms with Crippen LogP contribution in [0.15, 0.2) is 59.5 Å². The highest BCUT2D eigenvalue weighted by Crippen LogP contribution is 2.46. The van der Waals surface area contributed by atoms with Gasteiger partial charge in [0.1, 0.15) is 10.9 Å². The molecule has 29 heavy (non-hydrogen) atoms. The summed E-state index contributed by atoms with van der Waals surface area (Å²) >= 11 is 6.59. The molecule has 0 saturated carbocycles. The molecule has 2 aliphatic heterocycles. The minimum absolute atomic E-state index is 0.250. The molecule has 1 unspecified atom stereocenters. The first kappa shape index (κ1) is 19.4. The zero-order chi connectivity index (χ0) is 20.7. The van der Waals surface area contributed by atoms with Gasteiger partial charge in [-0.25, -0.2) is 0 Å². The van der Waals surface area contributed by atoms with E-state index in [0.717, 1.165) is 17.3 Å². The quantitative estimate of drug-likeness (QED) is 0.604. The molecule has 2 aromatic rings. The highest BCUT2D eigenvalue weighted by molar-refractivity contribution is 8.26. The second-order valence-electron chi connectivity index (χ2n) is 6.71. The lowest BCUT2D eigenvalue weighted by Gasteiger charge is -2.23. The maximum atomic E-state index is 13.3. The van der Waals surface area contributed by atoms with Gasteiger partial charge in [0.05, 0.1) is 22.2 Å². The molecule has 1 saturated heterocycles. The van der Waals surface area contributed by atoms with E-state index in [1.807, 2.05) is 37.3 Å². The molecule has 1 fully saturated rings. The molecule has 2 aromatic carbocycles. The number of hydrogen-bond donors (Lipinski definition) is 1. The predicted molar refractivity (Wildman–Crippen MR) is 117 cm³/mol. The Morgan fingerprint density at radius 1 is 1.07 bits per heavy atom. The Labute approximate surface area is 177 Å². The van der Waals surface area contributed by atoms with Gasteiger partial charge >= 0.3 is 0 Å². The second kappa shape index (κ2) is 7.46. The molecule has 4 rings (SSSR count). The fourth-order valence-electron chi connectivity index (χ4n) is 3.56. The Hall–Kier alpha value is -2.97. The number of fused-ring (bicyclic) bond motifs is 1. The number of para-hydroxylation sites is 1. The lowest BCUT2D eigenvalue weighted by atomic mass is 10.1. The van der Waals surface area contributed by atoms with Crippen molar-refractivity contribution >= 4 is 57.3 Å². The third kappa shape index (κ3) is 3.24. The molecule has 0 bridgehead atoms. The number of primary amides is 1. The number of hydrogen-bond acceptors (Lipinski definition) is 5. The topological polar surface area (TPSA) is 83.7 Å². The number of thioether (sulfide) groups is 1. The predicted octanol–water partition coefficient (Wildman–Crippen LogP) is 2.85. The third-order valence-electron chi connectivity index (χ3n) is 4.93. The van der Waals surface area contributed by atoms with Crippen LogP contribution in [-0.2, 0) is 14.4 Å². The molecule has 2 heterocycles. The first-order valence-electron chi connectivity index (χ1n) is 8.94. The summed E-state index contributed by atoms with van der Waals surface area (Å²) in [6.45, 7) is 1.65. The number of nitrogens with zero attached hydrogens (tertiary/aromatic N) is 2. The molecule has 2 N–H and O–H groups in total. The van der Waals surface area contributed by atoms with Crippen molar-refractivity contribution in [1.29, 1.82) is 0 Å². The van der Waals surface area contributed by atoms with Crippen molar-refractivity contribution in [2.24, 2.45) is 5.73 Å². The van der Waals surface area contributed by atoms with Crippen LogP contribution in [0.1, 0.15) is 24.1 Å². The van der Waals surface area contributed by atoms with Crippen LogP contribution >= 0.6 is 24.0 Å². The van der Waals surface area contributed by atoms with Crippen LogP contribution in [0.25, 0.3) is 5.57 Å². The van der Waals surface area contributed by atoms with Crippen molar-refractivity contribution in [1.82, 2.24) is 4.90 Å². The van der Waals surface area contributed by atoms with Gasteiger partial charge in [-0.1, -0.05) is 72.5 Å². The van der Waals surface area contributed by atoms with Crippen molar-refractivity contribution in [3.05, 3.63) is 70.6 Å². The molecule has 6 nitrogen and oxygen atoms in total. The maximum absolute atomic E-state index is 13.3. The lowest BCUT2D eigenvalue weighted by Crippen LogP contribution is -2.36. The van der Waals surface area contributed by atoms with Gasteiger partial charge in [-0.15, -0.1) is 0 Å². The molecule has 0 aliphatic carbocycles. The number of carbonyl (C=O) groups is 3. The molecule has 1 atom stereocenters. The van der Waals surface area contributed by atoms with Crippen LogP contribution < -0.4 is 10.6 Å². The van der Waals surface area contributed by atoms with Crippen LogP contribution in [0, 0.1) is 0 Å². The molecule has 0 spiro atoms. The van der Waals surface area contributed by atoms with Crippen LogP contribution in [0.4, 0.5) is 5.69 Å². The third-order valence-corrected chi connectivity index (χ3v) is 6.33. The Bertz CT molecular complexity index is 1080. The van der Waals surface area contributed by atoms with Crippen molar-refractivity contribution in [3.63, 3.8) is 0 Å². The Balaban J connectivity index is 1.78. The second-order valence-corrected chi connectivity index (χ2v) is 8.35. The SMILES string of the molecule is CC(c1ccccc1)N1C(=O)/C(=C2/C(=O)N(CC(N)=O)c3ccccc32)SC1=S. The molecule has 0 aromatic heterocycles. The summed E-state index contributed by atoms with van der Waals surface area (Å²) in [5.41, 5.74) is 7.70. The zero-order valence-corrected chi connectivity index (χ0v) is 17.1. The number of nitrogens with two attached hydrogens (primary N) is 1. The van der Waals surface area contributed by atoms with E-state index in [1.54, 1.807) is 24.3 Å². The first-order valence-corrected chi connectivity index (χ1v) is 10.2. The molecule has 0 radical (unpaired) electrons. The lowest BCUT2D eigenvalue weighted by molar-refractivity contribution is -0.123. The summed E-state index contributed by atoms with van der Waals surface area (Å²) in [7, 11) is 0. The van der Waals surface area contributed by atoms with Gasteiger partial charge < -0.3 is 5.73 Å². The smallest absolute Gasteiger partial charge is 0.267 e.